The van der Waals surface area contributed by atoms with E-state index in [2.05, 4.69) is 11.7 Å². The molecule has 0 atom stereocenters. The van der Waals surface area contributed by atoms with Crippen molar-refractivity contribution in [2.75, 3.05) is 6.61 Å². The first-order valence-corrected chi connectivity index (χ1v) is 8.49. The summed E-state index contributed by atoms with van der Waals surface area (Å²) in [6.45, 7) is 3.31. The van der Waals surface area contributed by atoms with Crippen molar-refractivity contribution >= 4 is 17.9 Å². The summed E-state index contributed by atoms with van der Waals surface area (Å²) in [6, 6.07) is 0. The van der Waals surface area contributed by atoms with Crippen LogP contribution in [0.2, 0.25) is 0 Å². The predicted octanol–water partition coefficient (Wildman–Crippen LogP) is 3.93. The number of ether oxygens (including phenoxy) is 2. The van der Waals surface area contributed by atoms with Gasteiger partial charge in [-0.2, -0.15) is 0 Å². The van der Waals surface area contributed by atoms with Crippen LogP contribution in [0.4, 0.5) is 0 Å². The highest BCUT2D eigenvalue weighted by molar-refractivity contribution is 5.86. The van der Waals surface area contributed by atoms with E-state index >= 15 is 0 Å². The fraction of sp³-hybridized carbons (Fsp3) is 0.824. The van der Waals surface area contributed by atoms with Gasteiger partial charge in [-0.15, -0.1) is 0 Å². The van der Waals surface area contributed by atoms with Crippen LogP contribution in [0.25, 0.3) is 0 Å². The summed E-state index contributed by atoms with van der Waals surface area (Å²) in [5.41, 5.74) is 0. The largest absolute Gasteiger partial charge is 0.454 e. The lowest BCUT2D eigenvalue weighted by molar-refractivity contribution is -0.167. The number of rotatable bonds is 13. The number of hydrogen-bond acceptors (Lipinski definition) is 5. The molecule has 0 bridgehead atoms. The highest BCUT2D eigenvalue weighted by Crippen LogP contribution is 2.10. The zero-order valence-corrected chi connectivity index (χ0v) is 14.0. The molecule has 0 saturated heterocycles. The second-order valence-electron chi connectivity index (χ2n) is 5.44. The summed E-state index contributed by atoms with van der Waals surface area (Å²) in [6.07, 6.45) is 11.0. The van der Waals surface area contributed by atoms with Crippen molar-refractivity contribution in [2.24, 2.45) is 0 Å². The average Bonchev–Trinajstić information content (AvgIpc) is 2.51. The van der Waals surface area contributed by atoms with Gasteiger partial charge in [-0.25, -0.2) is 4.79 Å². The van der Waals surface area contributed by atoms with Crippen molar-refractivity contribution < 1.29 is 23.9 Å². The van der Waals surface area contributed by atoms with Gasteiger partial charge in [0.05, 0.1) is 0 Å². The number of carbonyl (C=O) groups excluding carboxylic acids is 3. The van der Waals surface area contributed by atoms with E-state index in [0.717, 1.165) is 19.3 Å². The molecule has 5 heteroatoms. The molecule has 22 heavy (non-hydrogen) atoms. The molecule has 0 N–H and O–H groups in total. The molecule has 0 fully saturated rings. The summed E-state index contributed by atoms with van der Waals surface area (Å²) in [5, 5.41) is 0. The molecule has 0 aromatic rings. The lowest BCUT2D eigenvalue weighted by atomic mass is 10.1. The van der Waals surface area contributed by atoms with Gasteiger partial charge in [0.2, 0.25) is 0 Å². The highest BCUT2D eigenvalue weighted by atomic mass is 16.6. The van der Waals surface area contributed by atoms with Crippen molar-refractivity contribution in [3.8, 4) is 0 Å². The maximum absolute atomic E-state index is 11.4. The van der Waals surface area contributed by atoms with Crippen LogP contribution in [0.3, 0.4) is 0 Å². The minimum absolute atomic E-state index is 0.123. The Balaban J connectivity index is 3.39. The maximum Gasteiger partial charge on any atom is 0.351 e. The summed E-state index contributed by atoms with van der Waals surface area (Å²) in [7, 11) is 0. The average molecular weight is 314 g/mol. The fourth-order valence-electron chi connectivity index (χ4n) is 2.02. The lowest BCUT2D eigenvalue weighted by Crippen LogP contribution is -2.19. The van der Waals surface area contributed by atoms with E-state index in [-0.39, 0.29) is 6.42 Å². The molecule has 0 saturated carbocycles. The third-order valence-corrected chi connectivity index (χ3v) is 3.35. The van der Waals surface area contributed by atoms with Crippen LogP contribution in [-0.4, -0.2) is 24.5 Å². The topological polar surface area (TPSA) is 69.7 Å². The van der Waals surface area contributed by atoms with Crippen molar-refractivity contribution in [3.05, 3.63) is 0 Å². The van der Waals surface area contributed by atoms with Crippen LogP contribution in [0, 0.1) is 0 Å². The van der Waals surface area contributed by atoms with Crippen LogP contribution < -0.4 is 0 Å². The first-order valence-electron chi connectivity index (χ1n) is 8.49. The van der Waals surface area contributed by atoms with Crippen molar-refractivity contribution in [3.63, 3.8) is 0 Å². The molecule has 0 rings (SSSR count). The Morgan fingerprint density at radius 1 is 0.682 bits per heavy atom. The Hall–Kier alpha value is -1.39. The summed E-state index contributed by atoms with van der Waals surface area (Å²) < 4.78 is 9.15. The number of esters is 3. The highest BCUT2D eigenvalue weighted by Gasteiger charge is 2.11. The van der Waals surface area contributed by atoms with Gasteiger partial charge < -0.3 is 9.47 Å². The zero-order chi connectivity index (χ0) is 16.6. The first-order chi connectivity index (χ1) is 10.6. The second-order valence-corrected chi connectivity index (χ2v) is 5.44. The van der Waals surface area contributed by atoms with Gasteiger partial charge in [-0.1, -0.05) is 65.2 Å². The van der Waals surface area contributed by atoms with Crippen LogP contribution in [0.15, 0.2) is 0 Å². The smallest absolute Gasteiger partial charge is 0.351 e. The molecule has 0 heterocycles. The summed E-state index contributed by atoms with van der Waals surface area (Å²) >= 11 is 0. The van der Waals surface area contributed by atoms with Gasteiger partial charge in [0.1, 0.15) is 0 Å². The van der Waals surface area contributed by atoms with E-state index in [1.54, 1.807) is 6.92 Å². The fourth-order valence-corrected chi connectivity index (χ4v) is 2.02. The summed E-state index contributed by atoms with van der Waals surface area (Å²) in [4.78, 5) is 33.4. The zero-order valence-electron chi connectivity index (χ0n) is 14.0. The predicted molar refractivity (Wildman–Crippen MR) is 84.2 cm³/mol. The van der Waals surface area contributed by atoms with E-state index in [1.807, 2.05) is 0 Å². The molecular formula is C17H30O5. The second kappa shape index (κ2) is 14.5. The Labute approximate surface area is 133 Å². The van der Waals surface area contributed by atoms with Gasteiger partial charge in [0.15, 0.2) is 6.61 Å². The van der Waals surface area contributed by atoms with Gasteiger partial charge >= 0.3 is 17.9 Å². The molecule has 0 unspecified atom stereocenters. The minimum atomic E-state index is -0.813. The molecule has 5 nitrogen and oxygen atoms in total. The van der Waals surface area contributed by atoms with Gasteiger partial charge in [0.25, 0.3) is 0 Å². The van der Waals surface area contributed by atoms with Crippen LogP contribution in [0.5, 0.6) is 0 Å². The Morgan fingerprint density at radius 2 is 1.23 bits per heavy atom. The van der Waals surface area contributed by atoms with Crippen molar-refractivity contribution in [1.29, 1.82) is 0 Å². The van der Waals surface area contributed by atoms with Crippen LogP contribution >= 0.6 is 0 Å². The van der Waals surface area contributed by atoms with E-state index in [9.17, 15) is 14.4 Å². The van der Waals surface area contributed by atoms with E-state index in [4.69, 9.17) is 4.74 Å². The third-order valence-electron chi connectivity index (χ3n) is 3.35. The Morgan fingerprint density at radius 3 is 1.77 bits per heavy atom. The summed E-state index contributed by atoms with van der Waals surface area (Å²) in [5.74, 6) is -1.84. The van der Waals surface area contributed by atoms with E-state index < -0.39 is 24.5 Å². The van der Waals surface area contributed by atoms with Crippen molar-refractivity contribution in [2.45, 2.75) is 84.5 Å². The molecule has 0 aromatic heterocycles. The first kappa shape index (κ1) is 20.6. The Bertz CT molecular complexity index is 325. The quantitative estimate of drug-likeness (QED) is 0.293. The van der Waals surface area contributed by atoms with Crippen molar-refractivity contribution in [1.82, 2.24) is 0 Å². The maximum atomic E-state index is 11.4. The Kier molecular flexibility index (Phi) is 13.6. The van der Waals surface area contributed by atoms with Gasteiger partial charge in [-0.3, -0.25) is 9.59 Å². The molecule has 0 radical (unpaired) electrons. The lowest BCUT2D eigenvalue weighted by Gasteiger charge is -2.04. The molecule has 0 aliphatic rings. The van der Waals surface area contributed by atoms with Crippen LogP contribution in [-0.2, 0) is 23.9 Å². The number of carbonyl (C=O) groups is 3. The van der Waals surface area contributed by atoms with E-state index in [1.165, 1.54) is 38.5 Å². The third kappa shape index (κ3) is 13.6. The normalized spacial score (nSPS) is 10.3. The molecule has 0 amide bonds. The number of unbranched alkanes of at least 4 members (excludes halogenated alkanes) is 8. The van der Waals surface area contributed by atoms with E-state index in [0.29, 0.717) is 6.42 Å². The molecule has 0 spiro atoms. The monoisotopic (exact) mass is 314 g/mol. The molecule has 128 valence electrons. The molecule has 0 aromatic carbocycles. The van der Waals surface area contributed by atoms with Gasteiger partial charge in [0, 0.05) is 12.8 Å². The standard InChI is InChI=1S/C17H30O5/c1-3-5-6-7-8-9-10-11-12-13-16(19)21-14-17(20)22-15(18)4-2/h3-14H2,1-2H3. The van der Waals surface area contributed by atoms with Crippen LogP contribution in [0.1, 0.15) is 84.5 Å². The van der Waals surface area contributed by atoms with Gasteiger partial charge in [-0.05, 0) is 6.42 Å². The molecular weight excluding hydrogens is 284 g/mol. The molecule has 0 aliphatic carbocycles. The minimum Gasteiger partial charge on any atom is -0.454 e. The SMILES string of the molecule is CCCCCCCCCCCC(=O)OCC(=O)OC(=O)CC. The number of hydrogen-bond donors (Lipinski definition) is 0. The molecule has 0 aliphatic heterocycles.